The van der Waals surface area contributed by atoms with E-state index in [0.717, 1.165) is 0 Å². The summed E-state index contributed by atoms with van der Waals surface area (Å²) in [5.74, 6) is -11.0. The fourth-order valence-corrected chi connectivity index (χ4v) is 0.916. The van der Waals surface area contributed by atoms with Crippen LogP contribution in [0.4, 0.5) is 22.0 Å². The summed E-state index contributed by atoms with van der Waals surface area (Å²) in [5, 5.41) is 0. The van der Waals surface area contributed by atoms with Crippen LogP contribution in [-0.2, 0) is 0 Å². The van der Waals surface area contributed by atoms with Crippen LogP contribution in [0.25, 0.3) is 0 Å². The van der Waals surface area contributed by atoms with E-state index >= 15 is 0 Å². The van der Waals surface area contributed by atoms with Crippen LogP contribution >= 0.6 is 0 Å². The Balaban J connectivity index is 2.60. The number of hydrogen-bond donors (Lipinski definition) is 0. The van der Waals surface area contributed by atoms with Gasteiger partial charge in [0, 0.05) is 0 Å². The van der Waals surface area contributed by atoms with Crippen molar-refractivity contribution in [3.63, 3.8) is 0 Å². The maximum Gasteiger partial charge on any atom is 0.300 e. The van der Waals surface area contributed by atoms with Crippen molar-refractivity contribution in [3.8, 4) is 0 Å². The number of nitrogens with zero attached hydrogens (tertiary/aromatic N) is 1. The molecule has 0 radical (unpaired) electrons. The highest BCUT2D eigenvalue weighted by atomic mass is 19.2. The quantitative estimate of drug-likeness (QED) is 0.402. The summed E-state index contributed by atoms with van der Waals surface area (Å²) >= 11 is 0. The minimum atomic E-state index is -3.07. The maximum absolute atomic E-state index is 12.7. The molecule has 0 spiro atoms. The Labute approximate surface area is 62.9 Å². The number of halogens is 5. The van der Waals surface area contributed by atoms with Crippen molar-refractivity contribution in [1.29, 1.82) is 0 Å². The molecule has 0 fully saturated rings. The van der Waals surface area contributed by atoms with Gasteiger partial charge in [0.1, 0.15) is 5.71 Å². The fourth-order valence-electron chi connectivity index (χ4n) is 0.916. The Morgan fingerprint density at radius 3 is 2.08 bits per heavy atom. The second-order valence-corrected chi connectivity index (χ2v) is 2.34. The molecular formula is C6F5N. The predicted molar refractivity (Wildman–Crippen MR) is 29.8 cm³/mol. The van der Waals surface area contributed by atoms with Gasteiger partial charge in [-0.05, 0) is 0 Å². The lowest BCUT2D eigenvalue weighted by Crippen LogP contribution is -2.19. The second-order valence-electron chi connectivity index (χ2n) is 2.34. The summed E-state index contributed by atoms with van der Waals surface area (Å²) in [4.78, 5) is 2.65. The van der Waals surface area contributed by atoms with E-state index in [0.29, 0.717) is 0 Å². The third-order valence-corrected chi connectivity index (χ3v) is 1.61. The van der Waals surface area contributed by atoms with Crippen LogP contribution in [0.3, 0.4) is 0 Å². The molecule has 1 aliphatic heterocycles. The largest absolute Gasteiger partial charge is 0.300 e. The molecule has 0 N–H and O–H groups in total. The van der Waals surface area contributed by atoms with Gasteiger partial charge in [0.15, 0.2) is 17.5 Å². The number of allylic oxidation sites excluding steroid dienone is 2. The summed E-state index contributed by atoms with van der Waals surface area (Å²) in [7, 11) is 0. The van der Waals surface area contributed by atoms with Gasteiger partial charge in [-0.25, -0.2) is 26.9 Å². The lowest BCUT2D eigenvalue weighted by molar-refractivity contribution is 0.293. The van der Waals surface area contributed by atoms with Gasteiger partial charge >= 0.3 is 5.79 Å². The van der Waals surface area contributed by atoms with Crippen LogP contribution in [0.2, 0.25) is 0 Å². The SMILES string of the molecule is FC1=C(F)C(F)=C(F)C2(F)N=C12. The first-order valence-corrected chi connectivity index (χ1v) is 2.89. The first-order chi connectivity index (χ1) is 5.48. The molecule has 1 atom stereocenters. The molecule has 0 amide bonds. The zero-order valence-electron chi connectivity index (χ0n) is 5.34. The zero-order chi connectivity index (χ0) is 9.09. The molecule has 2 rings (SSSR count). The van der Waals surface area contributed by atoms with E-state index in [2.05, 4.69) is 4.99 Å². The molecule has 0 bridgehead atoms. The average Bonchev–Trinajstić information content (AvgIpc) is 2.72. The molecule has 6 heteroatoms. The third kappa shape index (κ3) is 0.603. The molecule has 0 aromatic rings. The molecule has 0 saturated heterocycles. The highest BCUT2D eigenvalue weighted by Gasteiger charge is 2.60. The van der Waals surface area contributed by atoms with Crippen LogP contribution in [0.5, 0.6) is 0 Å². The molecule has 64 valence electrons. The van der Waals surface area contributed by atoms with Gasteiger partial charge in [-0.15, -0.1) is 0 Å². The Hall–Kier alpha value is -1.20. The van der Waals surface area contributed by atoms with Crippen molar-refractivity contribution < 1.29 is 22.0 Å². The van der Waals surface area contributed by atoms with Crippen molar-refractivity contribution in [1.82, 2.24) is 0 Å². The maximum atomic E-state index is 12.7. The van der Waals surface area contributed by atoms with Gasteiger partial charge < -0.3 is 0 Å². The summed E-state index contributed by atoms with van der Waals surface area (Å²) in [6.45, 7) is 0. The highest BCUT2D eigenvalue weighted by molar-refractivity contribution is 6.17. The van der Waals surface area contributed by atoms with Crippen molar-refractivity contribution >= 4 is 5.71 Å². The van der Waals surface area contributed by atoms with Crippen molar-refractivity contribution in [3.05, 3.63) is 23.3 Å². The van der Waals surface area contributed by atoms with E-state index in [4.69, 9.17) is 0 Å². The second kappa shape index (κ2) is 1.75. The first kappa shape index (κ1) is 7.45. The molecule has 1 unspecified atom stereocenters. The number of hydrogen-bond acceptors (Lipinski definition) is 1. The predicted octanol–water partition coefficient (Wildman–Crippen LogP) is 2.42. The molecule has 1 heterocycles. The summed E-state index contributed by atoms with van der Waals surface area (Å²) in [6, 6.07) is 0. The van der Waals surface area contributed by atoms with Gasteiger partial charge in [-0.2, -0.15) is 0 Å². The third-order valence-electron chi connectivity index (χ3n) is 1.61. The number of aliphatic imine (C=N–C) groups is 1. The van der Waals surface area contributed by atoms with E-state index in [-0.39, 0.29) is 0 Å². The van der Waals surface area contributed by atoms with Crippen LogP contribution in [0, 0.1) is 0 Å². The fraction of sp³-hybridized carbons (Fsp3) is 0.167. The number of rotatable bonds is 0. The minimum absolute atomic E-state index is 1.01. The van der Waals surface area contributed by atoms with Crippen molar-refractivity contribution in [2.24, 2.45) is 4.99 Å². The Morgan fingerprint density at radius 2 is 1.50 bits per heavy atom. The molecule has 12 heavy (non-hydrogen) atoms. The lowest BCUT2D eigenvalue weighted by atomic mass is 10.1. The smallest absolute Gasteiger partial charge is 0.229 e. The molecule has 2 aliphatic rings. The summed E-state index contributed by atoms with van der Waals surface area (Å²) in [6.07, 6.45) is 0. The Morgan fingerprint density at radius 1 is 0.917 bits per heavy atom. The van der Waals surface area contributed by atoms with Gasteiger partial charge in [0.25, 0.3) is 0 Å². The summed E-state index contributed by atoms with van der Waals surface area (Å²) in [5.41, 5.74) is -1.01. The standard InChI is InChI=1S/C6F5N/c7-1-2(8)4(10)6(11)5(12-6)3(1)9. The monoisotopic (exact) mass is 181 g/mol. The molecular weight excluding hydrogens is 181 g/mol. The highest BCUT2D eigenvalue weighted by Crippen LogP contribution is 2.49. The topological polar surface area (TPSA) is 12.4 Å². The van der Waals surface area contributed by atoms with Gasteiger partial charge in [0.05, 0.1) is 0 Å². The van der Waals surface area contributed by atoms with Gasteiger partial charge in [-0.1, -0.05) is 0 Å². The van der Waals surface area contributed by atoms with E-state index in [1.807, 2.05) is 0 Å². The lowest BCUT2D eigenvalue weighted by Gasteiger charge is -2.07. The molecule has 1 aliphatic carbocycles. The normalized spacial score (nSPS) is 33.6. The van der Waals surface area contributed by atoms with Crippen molar-refractivity contribution in [2.45, 2.75) is 5.79 Å². The van der Waals surface area contributed by atoms with E-state index < -0.39 is 34.8 Å². The molecule has 0 aromatic carbocycles. The first-order valence-electron chi connectivity index (χ1n) is 2.89. The van der Waals surface area contributed by atoms with Gasteiger partial charge in [0.2, 0.25) is 5.83 Å². The minimum Gasteiger partial charge on any atom is -0.229 e. The van der Waals surface area contributed by atoms with Crippen molar-refractivity contribution in [2.75, 3.05) is 0 Å². The van der Waals surface area contributed by atoms with E-state index in [1.165, 1.54) is 0 Å². The average molecular weight is 181 g/mol. The summed E-state index contributed by atoms with van der Waals surface area (Å²) < 4.78 is 62.0. The van der Waals surface area contributed by atoms with Crippen LogP contribution < -0.4 is 0 Å². The van der Waals surface area contributed by atoms with Crippen LogP contribution in [-0.4, -0.2) is 11.5 Å². The van der Waals surface area contributed by atoms with Crippen LogP contribution in [0.15, 0.2) is 28.3 Å². The number of alkyl halides is 1. The molecule has 0 aromatic heterocycles. The molecule has 1 nitrogen and oxygen atoms in total. The van der Waals surface area contributed by atoms with Crippen LogP contribution in [0.1, 0.15) is 0 Å². The Kier molecular flexibility index (Phi) is 1.09. The van der Waals surface area contributed by atoms with E-state index in [1.54, 1.807) is 0 Å². The van der Waals surface area contributed by atoms with E-state index in [9.17, 15) is 22.0 Å². The number of fused-ring (bicyclic) bond motifs is 1. The van der Waals surface area contributed by atoms with Gasteiger partial charge in [-0.3, -0.25) is 0 Å². The molecule has 0 saturated carbocycles. The Bertz CT molecular complexity index is 366. The zero-order valence-corrected chi connectivity index (χ0v) is 5.34.